The zero-order chi connectivity index (χ0) is 20.1. The molecule has 0 bridgehead atoms. The number of thioether (sulfide) groups is 1. The zero-order valence-corrected chi connectivity index (χ0v) is 15.9. The molecule has 1 aromatic heterocycles. The Morgan fingerprint density at radius 2 is 2.00 bits per heavy atom. The van der Waals surface area contributed by atoms with Gasteiger partial charge in [-0.05, 0) is 41.1 Å². The molecule has 0 aliphatic rings. The Morgan fingerprint density at radius 1 is 1.21 bits per heavy atom. The molecule has 3 aromatic rings. The van der Waals surface area contributed by atoms with E-state index in [0.717, 1.165) is 11.8 Å². The van der Waals surface area contributed by atoms with Crippen LogP contribution in [-0.2, 0) is 4.79 Å². The molecule has 1 heterocycles. The summed E-state index contributed by atoms with van der Waals surface area (Å²) in [4.78, 5) is 23.7. The second-order valence-electron chi connectivity index (χ2n) is 5.68. The number of rotatable bonds is 7. The molecule has 0 fully saturated rings. The van der Waals surface area contributed by atoms with E-state index in [1.54, 1.807) is 38.3 Å². The molecule has 0 saturated carbocycles. The van der Waals surface area contributed by atoms with Gasteiger partial charge in [0.25, 0.3) is 0 Å². The Hall–Kier alpha value is -3.40. The minimum absolute atomic E-state index is 0.00289. The molecule has 1 amide bonds. The van der Waals surface area contributed by atoms with Crippen molar-refractivity contribution in [3.05, 3.63) is 53.6 Å². The van der Waals surface area contributed by atoms with E-state index in [4.69, 9.17) is 4.74 Å². The van der Waals surface area contributed by atoms with Crippen LogP contribution in [0.1, 0.15) is 15.9 Å². The fraction of sp³-hybridized carbons (Fsp3) is 0.167. The molecule has 2 aromatic carbocycles. The minimum atomic E-state index is -1.10. The van der Waals surface area contributed by atoms with Crippen LogP contribution < -0.4 is 10.1 Å². The summed E-state index contributed by atoms with van der Waals surface area (Å²) in [5, 5.41) is 23.9. The van der Waals surface area contributed by atoms with Gasteiger partial charge in [-0.3, -0.25) is 4.79 Å². The van der Waals surface area contributed by atoms with E-state index in [1.165, 1.54) is 10.7 Å². The van der Waals surface area contributed by atoms with Gasteiger partial charge in [0.05, 0.1) is 24.1 Å². The molecule has 2 N–H and O–H groups in total. The van der Waals surface area contributed by atoms with Crippen LogP contribution in [0.3, 0.4) is 0 Å². The lowest BCUT2D eigenvalue weighted by molar-refractivity contribution is -0.113. The second kappa shape index (κ2) is 8.53. The van der Waals surface area contributed by atoms with Gasteiger partial charge in [-0.2, -0.15) is 4.68 Å². The second-order valence-corrected chi connectivity index (χ2v) is 6.63. The first kappa shape index (κ1) is 19.4. The van der Waals surface area contributed by atoms with Gasteiger partial charge >= 0.3 is 5.97 Å². The molecule has 0 saturated heterocycles. The summed E-state index contributed by atoms with van der Waals surface area (Å²) in [6.45, 7) is 1.73. The van der Waals surface area contributed by atoms with Crippen molar-refractivity contribution >= 4 is 29.3 Å². The number of hydrogen-bond acceptors (Lipinski definition) is 7. The highest BCUT2D eigenvalue weighted by molar-refractivity contribution is 7.99. The first-order chi connectivity index (χ1) is 13.5. The first-order valence-corrected chi connectivity index (χ1v) is 9.17. The Morgan fingerprint density at radius 3 is 2.75 bits per heavy atom. The van der Waals surface area contributed by atoms with Crippen molar-refractivity contribution in [3.63, 3.8) is 0 Å². The number of para-hydroxylation sites is 3. The number of ether oxygens (including phenoxy) is 1. The van der Waals surface area contributed by atoms with Gasteiger partial charge in [-0.25, -0.2) is 4.79 Å². The van der Waals surface area contributed by atoms with Crippen LogP contribution >= 0.6 is 11.8 Å². The third-order valence-electron chi connectivity index (χ3n) is 3.85. The number of carboxylic acid groups (broad SMARTS) is 1. The minimum Gasteiger partial charge on any atom is -0.494 e. The number of aryl methyl sites for hydroxylation is 1. The Bertz CT molecular complexity index is 1020. The lowest BCUT2D eigenvalue weighted by atomic mass is 10.1. The Labute approximate surface area is 164 Å². The fourth-order valence-electron chi connectivity index (χ4n) is 2.54. The highest BCUT2D eigenvalue weighted by Gasteiger charge is 2.17. The number of aromatic nitrogens is 4. The molecule has 0 aliphatic heterocycles. The number of nitrogens with one attached hydrogen (secondary N) is 1. The Kier molecular flexibility index (Phi) is 5.90. The van der Waals surface area contributed by atoms with Gasteiger partial charge in [0.2, 0.25) is 11.1 Å². The third kappa shape index (κ3) is 4.12. The zero-order valence-electron chi connectivity index (χ0n) is 15.1. The molecule has 0 atom stereocenters. The Balaban J connectivity index is 1.74. The van der Waals surface area contributed by atoms with Crippen LogP contribution in [0.25, 0.3) is 5.69 Å². The SMILES string of the molecule is COc1ccccc1-n1nnnc1SCC(=O)Nc1c(C)cccc1C(=O)O. The summed E-state index contributed by atoms with van der Waals surface area (Å²) >= 11 is 1.13. The van der Waals surface area contributed by atoms with Crippen molar-refractivity contribution in [3.8, 4) is 11.4 Å². The monoisotopic (exact) mass is 399 g/mol. The average molecular weight is 399 g/mol. The number of hydrogen-bond donors (Lipinski definition) is 2. The summed E-state index contributed by atoms with van der Waals surface area (Å²) in [6, 6.07) is 12.0. The van der Waals surface area contributed by atoms with Crippen LogP contribution in [0.5, 0.6) is 5.75 Å². The van der Waals surface area contributed by atoms with E-state index in [0.29, 0.717) is 22.2 Å². The number of carboxylic acids is 1. The summed E-state index contributed by atoms with van der Waals surface area (Å²) in [5.41, 5.74) is 1.63. The quantitative estimate of drug-likeness (QED) is 0.581. The molecule has 10 heteroatoms. The van der Waals surface area contributed by atoms with Crippen molar-refractivity contribution in [1.29, 1.82) is 0 Å². The normalized spacial score (nSPS) is 10.5. The smallest absolute Gasteiger partial charge is 0.337 e. The summed E-state index contributed by atoms with van der Waals surface area (Å²) < 4.78 is 6.80. The van der Waals surface area contributed by atoms with Gasteiger partial charge in [0, 0.05) is 0 Å². The maximum atomic E-state index is 12.4. The van der Waals surface area contributed by atoms with Crippen LogP contribution in [0.15, 0.2) is 47.6 Å². The van der Waals surface area contributed by atoms with Crippen LogP contribution in [0, 0.1) is 6.92 Å². The van der Waals surface area contributed by atoms with Crippen molar-refractivity contribution in [2.75, 3.05) is 18.2 Å². The topological polar surface area (TPSA) is 119 Å². The molecule has 0 aliphatic carbocycles. The van der Waals surface area contributed by atoms with Gasteiger partial charge in [-0.1, -0.05) is 36.0 Å². The molecule has 144 valence electrons. The van der Waals surface area contributed by atoms with Crippen molar-refractivity contribution in [1.82, 2.24) is 20.2 Å². The molecule has 0 unspecified atom stereocenters. The number of aromatic carboxylic acids is 1. The van der Waals surface area contributed by atoms with Crippen LogP contribution in [0.2, 0.25) is 0 Å². The molecule has 9 nitrogen and oxygen atoms in total. The van der Waals surface area contributed by atoms with Gasteiger partial charge in [0.15, 0.2) is 0 Å². The van der Waals surface area contributed by atoms with E-state index in [9.17, 15) is 14.7 Å². The van der Waals surface area contributed by atoms with Gasteiger partial charge in [0.1, 0.15) is 11.4 Å². The number of anilines is 1. The highest BCUT2D eigenvalue weighted by atomic mass is 32.2. The summed E-state index contributed by atoms with van der Waals surface area (Å²) in [6.07, 6.45) is 0. The van der Waals surface area contributed by atoms with E-state index in [1.807, 2.05) is 12.1 Å². The van der Waals surface area contributed by atoms with E-state index < -0.39 is 5.97 Å². The van der Waals surface area contributed by atoms with Crippen molar-refractivity contribution in [2.24, 2.45) is 0 Å². The lowest BCUT2D eigenvalue weighted by Gasteiger charge is -2.11. The number of amides is 1. The largest absolute Gasteiger partial charge is 0.494 e. The summed E-state index contributed by atoms with van der Waals surface area (Å²) in [5.74, 6) is -0.876. The average Bonchev–Trinajstić information content (AvgIpc) is 3.16. The number of tetrazole rings is 1. The predicted molar refractivity (Wildman–Crippen MR) is 103 cm³/mol. The molecular formula is C18H17N5O4S. The number of nitrogens with zero attached hydrogens (tertiary/aromatic N) is 4. The standard InChI is InChI=1S/C18H17N5O4S/c1-11-6-5-7-12(17(25)26)16(11)19-15(24)10-28-18-20-21-22-23(18)13-8-3-4-9-14(13)27-2/h3-9H,10H2,1-2H3,(H,19,24)(H,25,26). The maximum Gasteiger partial charge on any atom is 0.337 e. The number of benzene rings is 2. The van der Waals surface area contributed by atoms with Crippen LogP contribution in [-0.4, -0.2) is 50.1 Å². The summed E-state index contributed by atoms with van der Waals surface area (Å²) in [7, 11) is 1.55. The number of methoxy groups -OCH3 is 1. The van der Waals surface area contributed by atoms with E-state index in [-0.39, 0.29) is 22.9 Å². The number of carbonyl (C=O) groups excluding carboxylic acids is 1. The first-order valence-electron chi connectivity index (χ1n) is 8.18. The molecule has 3 rings (SSSR count). The molecule has 0 radical (unpaired) electrons. The van der Waals surface area contributed by atoms with Crippen LogP contribution in [0.4, 0.5) is 5.69 Å². The molecule has 0 spiro atoms. The van der Waals surface area contributed by atoms with Crippen molar-refractivity contribution in [2.45, 2.75) is 12.1 Å². The van der Waals surface area contributed by atoms with Gasteiger partial charge < -0.3 is 15.2 Å². The van der Waals surface area contributed by atoms with Crippen molar-refractivity contribution < 1.29 is 19.4 Å². The maximum absolute atomic E-state index is 12.4. The van der Waals surface area contributed by atoms with E-state index in [2.05, 4.69) is 20.8 Å². The predicted octanol–water partition coefficient (Wildman–Crippen LogP) is 2.41. The van der Waals surface area contributed by atoms with E-state index >= 15 is 0 Å². The molecular weight excluding hydrogens is 382 g/mol. The van der Waals surface area contributed by atoms with Gasteiger partial charge in [-0.15, -0.1) is 5.10 Å². The highest BCUT2D eigenvalue weighted by Crippen LogP contribution is 2.26. The lowest BCUT2D eigenvalue weighted by Crippen LogP contribution is -2.18. The fourth-order valence-corrected chi connectivity index (χ4v) is 3.23. The number of carbonyl (C=O) groups is 2. The third-order valence-corrected chi connectivity index (χ3v) is 4.77. The molecule has 28 heavy (non-hydrogen) atoms.